The molecule has 0 spiro atoms. The average molecular weight is 248 g/mol. The van der Waals surface area contributed by atoms with E-state index in [4.69, 9.17) is 5.11 Å². The summed E-state index contributed by atoms with van der Waals surface area (Å²) in [5.41, 5.74) is 2.11. The number of para-hydroxylation sites is 1. The summed E-state index contributed by atoms with van der Waals surface area (Å²) in [6.07, 6.45) is 1.69. The number of hydrogen-bond donors (Lipinski definition) is 2. The van der Waals surface area contributed by atoms with Gasteiger partial charge in [-0.25, -0.2) is 0 Å². The molecule has 0 bridgehead atoms. The molecule has 2 rings (SSSR count). The average Bonchev–Trinajstić information content (AvgIpc) is 2.55. The first-order valence-corrected chi connectivity index (χ1v) is 6.50. The van der Waals surface area contributed by atoms with Crippen LogP contribution in [0.1, 0.15) is 18.9 Å². The Hall–Kier alpha value is -1.39. The van der Waals surface area contributed by atoms with Gasteiger partial charge in [-0.3, -0.25) is 9.69 Å². The number of carbonyl (C=O) groups excluding carboxylic acids is 1. The van der Waals surface area contributed by atoms with Crippen molar-refractivity contribution in [1.82, 2.24) is 4.90 Å². The second-order valence-corrected chi connectivity index (χ2v) is 4.55. The summed E-state index contributed by atoms with van der Waals surface area (Å²) >= 11 is 0. The molecule has 1 heterocycles. The van der Waals surface area contributed by atoms with Crippen molar-refractivity contribution >= 4 is 11.6 Å². The van der Waals surface area contributed by atoms with Gasteiger partial charge in [0.25, 0.3) is 0 Å². The van der Waals surface area contributed by atoms with Gasteiger partial charge in [0.1, 0.15) is 0 Å². The van der Waals surface area contributed by atoms with Crippen LogP contribution in [-0.2, 0) is 11.2 Å². The van der Waals surface area contributed by atoms with Gasteiger partial charge in [-0.15, -0.1) is 0 Å². The topological polar surface area (TPSA) is 52.6 Å². The molecule has 1 aromatic rings. The minimum atomic E-state index is -0.144. The first kappa shape index (κ1) is 13.1. The maximum atomic E-state index is 12.2. The molecule has 1 aliphatic heterocycles. The summed E-state index contributed by atoms with van der Waals surface area (Å²) in [7, 11) is 0. The van der Waals surface area contributed by atoms with Gasteiger partial charge in [0, 0.05) is 12.2 Å². The molecule has 1 aromatic carbocycles. The zero-order valence-corrected chi connectivity index (χ0v) is 10.7. The minimum Gasteiger partial charge on any atom is -0.395 e. The number of rotatable bonds is 4. The van der Waals surface area contributed by atoms with Crippen molar-refractivity contribution in [2.75, 3.05) is 25.0 Å². The van der Waals surface area contributed by atoms with Crippen LogP contribution in [-0.4, -0.2) is 41.7 Å². The summed E-state index contributed by atoms with van der Waals surface area (Å²) in [4.78, 5) is 14.2. The standard InChI is InChI=1S/C14H20N2O2/c1-2-16(9-10-17)13-8-7-11-5-3-4-6-12(11)15-14(13)18/h3-6,13,17H,2,7-10H2,1H3,(H,15,18). The van der Waals surface area contributed by atoms with Crippen molar-refractivity contribution in [1.29, 1.82) is 0 Å². The lowest BCUT2D eigenvalue weighted by molar-refractivity contribution is -0.121. The molecule has 4 heteroatoms. The highest BCUT2D eigenvalue weighted by atomic mass is 16.3. The number of aliphatic hydroxyl groups is 1. The lowest BCUT2D eigenvalue weighted by atomic mass is 10.0. The van der Waals surface area contributed by atoms with Crippen LogP contribution in [0.2, 0.25) is 0 Å². The molecule has 1 aliphatic rings. The van der Waals surface area contributed by atoms with Crippen molar-refractivity contribution in [3.05, 3.63) is 29.8 Å². The SMILES string of the molecule is CCN(CCO)C1CCc2ccccc2NC1=O. The van der Waals surface area contributed by atoms with Gasteiger partial charge in [-0.05, 0) is 31.0 Å². The molecule has 0 aromatic heterocycles. The number of benzene rings is 1. The van der Waals surface area contributed by atoms with E-state index < -0.39 is 0 Å². The van der Waals surface area contributed by atoms with Crippen LogP contribution in [0.25, 0.3) is 0 Å². The van der Waals surface area contributed by atoms with E-state index in [2.05, 4.69) is 11.4 Å². The van der Waals surface area contributed by atoms with E-state index in [1.807, 2.05) is 30.0 Å². The van der Waals surface area contributed by atoms with Crippen LogP contribution < -0.4 is 5.32 Å². The number of likely N-dealkylation sites (N-methyl/N-ethyl adjacent to an activating group) is 1. The van der Waals surface area contributed by atoms with E-state index in [1.165, 1.54) is 5.56 Å². The Morgan fingerprint density at radius 1 is 1.44 bits per heavy atom. The first-order chi connectivity index (χ1) is 8.76. The summed E-state index contributed by atoms with van der Waals surface area (Å²) in [5.74, 6) is 0.0373. The third kappa shape index (κ3) is 2.71. The van der Waals surface area contributed by atoms with E-state index in [9.17, 15) is 4.79 Å². The highest BCUT2D eigenvalue weighted by Crippen LogP contribution is 2.23. The molecular weight excluding hydrogens is 228 g/mol. The fourth-order valence-electron chi connectivity index (χ4n) is 2.51. The number of nitrogens with one attached hydrogen (secondary N) is 1. The lowest BCUT2D eigenvalue weighted by Crippen LogP contribution is -2.44. The normalized spacial score (nSPS) is 19.3. The number of nitrogens with zero attached hydrogens (tertiary/aromatic N) is 1. The van der Waals surface area contributed by atoms with E-state index >= 15 is 0 Å². The van der Waals surface area contributed by atoms with Crippen LogP contribution in [0.5, 0.6) is 0 Å². The Labute approximate surface area is 108 Å². The van der Waals surface area contributed by atoms with Gasteiger partial charge in [0.05, 0.1) is 12.6 Å². The van der Waals surface area contributed by atoms with Crippen molar-refractivity contribution in [3.8, 4) is 0 Å². The summed E-state index contributed by atoms with van der Waals surface area (Å²) in [5, 5.41) is 12.0. The van der Waals surface area contributed by atoms with Gasteiger partial charge in [0.15, 0.2) is 0 Å². The Morgan fingerprint density at radius 3 is 2.94 bits per heavy atom. The Bertz CT molecular complexity index is 420. The Morgan fingerprint density at radius 2 is 2.22 bits per heavy atom. The smallest absolute Gasteiger partial charge is 0.241 e. The molecule has 0 fully saturated rings. The van der Waals surface area contributed by atoms with E-state index in [1.54, 1.807) is 0 Å². The summed E-state index contributed by atoms with van der Waals surface area (Å²) in [6, 6.07) is 7.79. The zero-order chi connectivity index (χ0) is 13.0. The number of aryl methyl sites for hydroxylation is 1. The molecule has 0 saturated carbocycles. The Kier molecular flexibility index (Phi) is 4.33. The van der Waals surface area contributed by atoms with Crippen molar-refractivity contribution in [2.24, 2.45) is 0 Å². The number of hydrogen-bond acceptors (Lipinski definition) is 3. The second kappa shape index (κ2) is 5.98. The van der Waals surface area contributed by atoms with Gasteiger partial charge >= 0.3 is 0 Å². The number of aliphatic hydroxyl groups excluding tert-OH is 1. The third-order valence-corrected chi connectivity index (χ3v) is 3.50. The number of carbonyl (C=O) groups is 1. The second-order valence-electron chi connectivity index (χ2n) is 4.55. The highest BCUT2D eigenvalue weighted by Gasteiger charge is 2.27. The predicted molar refractivity (Wildman–Crippen MR) is 71.5 cm³/mol. The van der Waals surface area contributed by atoms with Crippen LogP contribution in [0.15, 0.2) is 24.3 Å². The maximum Gasteiger partial charge on any atom is 0.241 e. The quantitative estimate of drug-likeness (QED) is 0.843. The molecule has 4 nitrogen and oxygen atoms in total. The molecule has 0 radical (unpaired) electrons. The van der Waals surface area contributed by atoms with Gasteiger partial charge in [-0.2, -0.15) is 0 Å². The molecule has 0 aliphatic carbocycles. The van der Waals surface area contributed by atoms with Gasteiger partial charge < -0.3 is 10.4 Å². The fraction of sp³-hybridized carbons (Fsp3) is 0.500. The molecular formula is C14H20N2O2. The third-order valence-electron chi connectivity index (χ3n) is 3.50. The number of fused-ring (bicyclic) bond motifs is 1. The van der Waals surface area contributed by atoms with Crippen LogP contribution >= 0.6 is 0 Å². The van der Waals surface area contributed by atoms with E-state index in [0.29, 0.717) is 6.54 Å². The summed E-state index contributed by atoms with van der Waals surface area (Å²) < 4.78 is 0. The monoisotopic (exact) mass is 248 g/mol. The van der Waals surface area contributed by atoms with E-state index in [-0.39, 0.29) is 18.6 Å². The highest BCUT2D eigenvalue weighted by molar-refractivity contribution is 5.96. The minimum absolute atomic E-state index is 0.0373. The molecule has 1 amide bonds. The largest absolute Gasteiger partial charge is 0.395 e. The van der Waals surface area contributed by atoms with Gasteiger partial charge in [0.2, 0.25) is 5.91 Å². The number of anilines is 1. The molecule has 1 atom stereocenters. The molecule has 2 N–H and O–H groups in total. The van der Waals surface area contributed by atoms with Crippen molar-refractivity contribution in [3.63, 3.8) is 0 Å². The Balaban J connectivity index is 2.16. The van der Waals surface area contributed by atoms with Crippen LogP contribution in [0.4, 0.5) is 5.69 Å². The van der Waals surface area contributed by atoms with Crippen molar-refractivity contribution in [2.45, 2.75) is 25.8 Å². The number of amides is 1. The maximum absolute atomic E-state index is 12.2. The zero-order valence-electron chi connectivity index (χ0n) is 10.7. The molecule has 18 heavy (non-hydrogen) atoms. The van der Waals surface area contributed by atoms with E-state index in [0.717, 1.165) is 25.1 Å². The fourth-order valence-corrected chi connectivity index (χ4v) is 2.51. The van der Waals surface area contributed by atoms with Gasteiger partial charge in [-0.1, -0.05) is 25.1 Å². The molecule has 0 saturated heterocycles. The van der Waals surface area contributed by atoms with Crippen LogP contribution in [0.3, 0.4) is 0 Å². The van der Waals surface area contributed by atoms with Crippen LogP contribution in [0, 0.1) is 0 Å². The molecule has 98 valence electrons. The van der Waals surface area contributed by atoms with Crippen molar-refractivity contribution < 1.29 is 9.90 Å². The first-order valence-electron chi connectivity index (χ1n) is 6.50. The lowest BCUT2D eigenvalue weighted by Gasteiger charge is -2.27. The molecule has 1 unspecified atom stereocenters. The summed E-state index contributed by atoms with van der Waals surface area (Å²) in [6.45, 7) is 3.42. The predicted octanol–water partition coefficient (Wildman–Crippen LogP) is 1.25.